The number of aliphatic hydroxyl groups is 1. The van der Waals surface area contributed by atoms with Crippen molar-refractivity contribution >= 4 is 5.69 Å². The van der Waals surface area contributed by atoms with Gasteiger partial charge in [-0.25, -0.2) is 4.39 Å². The fraction of sp³-hybridized carbons (Fsp3) is 0.600. The molecule has 0 saturated carbocycles. The summed E-state index contributed by atoms with van der Waals surface area (Å²) in [5.74, 6) is -0.237. The van der Waals surface area contributed by atoms with Crippen LogP contribution in [0.25, 0.3) is 0 Å². The first-order chi connectivity index (χ1) is 8.50. The Bertz CT molecular complexity index is 431. The second kappa shape index (κ2) is 5.27. The Morgan fingerprint density at radius 3 is 2.72 bits per heavy atom. The van der Waals surface area contributed by atoms with Gasteiger partial charge in [-0.2, -0.15) is 0 Å². The zero-order valence-corrected chi connectivity index (χ0v) is 11.4. The molecule has 3 heteroatoms. The molecule has 1 aromatic rings. The van der Waals surface area contributed by atoms with Gasteiger partial charge in [-0.3, -0.25) is 0 Å². The maximum absolute atomic E-state index is 13.7. The molecule has 2 rings (SSSR count). The molecule has 0 bridgehead atoms. The lowest BCUT2D eigenvalue weighted by Crippen LogP contribution is -2.38. The number of nitrogens with zero attached hydrogens (tertiary/aromatic N) is 1. The van der Waals surface area contributed by atoms with Gasteiger partial charge in [0.2, 0.25) is 0 Å². The van der Waals surface area contributed by atoms with Crippen LogP contribution in [-0.4, -0.2) is 17.7 Å². The fourth-order valence-corrected chi connectivity index (χ4v) is 2.72. The highest BCUT2D eigenvalue weighted by molar-refractivity contribution is 5.57. The number of hydrogen-bond donors (Lipinski definition) is 1. The third-order valence-corrected chi connectivity index (χ3v) is 3.87. The minimum atomic E-state index is -0.635. The van der Waals surface area contributed by atoms with E-state index < -0.39 is 6.10 Å². The van der Waals surface area contributed by atoms with E-state index in [1.165, 1.54) is 18.9 Å². The van der Waals surface area contributed by atoms with E-state index in [2.05, 4.69) is 11.8 Å². The lowest BCUT2D eigenvalue weighted by Gasteiger charge is -2.37. The van der Waals surface area contributed by atoms with Crippen molar-refractivity contribution in [1.82, 2.24) is 0 Å². The van der Waals surface area contributed by atoms with E-state index in [9.17, 15) is 9.50 Å². The standard InChI is InChI=1S/C15H22FNO/c1-10-8-15(13(12(3)18)9-14(10)16)17-7-5-4-6-11(17)2/h8-9,11-12,18H,4-7H2,1-3H3/t11?,12-/m0/s1. The molecule has 1 aromatic carbocycles. The molecule has 1 heterocycles. The number of aliphatic hydroxyl groups excluding tert-OH is 1. The Kier molecular flexibility index (Phi) is 3.91. The highest BCUT2D eigenvalue weighted by atomic mass is 19.1. The second-order valence-corrected chi connectivity index (χ2v) is 5.37. The number of hydrogen-bond acceptors (Lipinski definition) is 2. The summed E-state index contributed by atoms with van der Waals surface area (Å²) in [7, 11) is 0. The van der Waals surface area contributed by atoms with Crippen molar-refractivity contribution in [2.45, 2.75) is 52.2 Å². The van der Waals surface area contributed by atoms with E-state index in [0.29, 0.717) is 17.2 Å². The average molecular weight is 251 g/mol. The van der Waals surface area contributed by atoms with Gasteiger partial charge in [0.1, 0.15) is 5.82 Å². The van der Waals surface area contributed by atoms with Crippen molar-refractivity contribution in [1.29, 1.82) is 0 Å². The first kappa shape index (κ1) is 13.3. The van der Waals surface area contributed by atoms with Crippen LogP contribution in [0.3, 0.4) is 0 Å². The van der Waals surface area contributed by atoms with Gasteiger partial charge in [0.25, 0.3) is 0 Å². The molecule has 0 spiro atoms. The number of aryl methyl sites for hydroxylation is 1. The van der Waals surface area contributed by atoms with E-state index in [-0.39, 0.29) is 5.82 Å². The molecule has 1 saturated heterocycles. The monoisotopic (exact) mass is 251 g/mol. The number of anilines is 1. The molecular weight excluding hydrogens is 229 g/mol. The molecule has 1 aliphatic heterocycles. The minimum Gasteiger partial charge on any atom is -0.389 e. The summed E-state index contributed by atoms with van der Waals surface area (Å²) >= 11 is 0. The molecule has 18 heavy (non-hydrogen) atoms. The van der Waals surface area contributed by atoms with Crippen molar-refractivity contribution in [2.75, 3.05) is 11.4 Å². The van der Waals surface area contributed by atoms with Crippen LogP contribution in [-0.2, 0) is 0 Å². The van der Waals surface area contributed by atoms with Crippen LogP contribution >= 0.6 is 0 Å². The number of rotatable bonds is 2. The first-order valence-corrected chi connectivity index (χ1v) is 6.75. The van der Waals surface area contributed by atoms with Crippen LogP contribution < -0.4 is 4.90 Å². The molecule has 0 aromatic heterocycles. The van der Waals surface area contributed by atoms with Crippen LogP contribution in [0.4, 0.5) is 10.1 Å². The molecule has 1 fully saturated rings. The van der Waals surface area contributed by atoms with E-state index in [1.807, 2.05) is 6.07 Å². The van der Waals surface area contributed by atoms with Crippen LogP contribution in [0.5, 0.6) is 0 Å². The Balaban J connectivity index is 2.44. The molecule has 0 amide bonds. The summed E-state index contributed by atoms with van der Waals surface area (Å²) in [4.78, 5) is 2.30. The van der Waals surface area contributed by atoms with Gasteiger partial charge in [0, 0.05) is 23.8 Å². The maximum Gasteiger partial charge on any atom is 0.126 e. The topological polar surface area (TPSA) is 23.5 Å². The van der Waals surface area contributed by atoms with Crippen LogP contribution in [0.2, 0.25) is 0 Å². The lowest BCUT2D eigenvalue weighted by molar-refractivity contribution is 0.199. The van der Waals surface area contributed by atoms with Crippen molar-refractivity contribution in [3.05, 3.63) is 29.1 Å². The molecule has 100 valence electrons. The van der Waals surface area contributed by atoms with Crippen molar-refractivity contribution in [3.8, 4) is 0 Å². The van der Waals surface area contributed by atoms with E-state index >= 15 is 0 Å². The number of benzene rings is 1. The van der Waals surface area contributed by atoms with Crippen molar-refractivity contribution in [3.63, 3.8) is 0 Å². The molecule has 1 unspecified atom stereocenters. The largest absolute Gasteiger partial charge is 0.389 e. The maximum atomic E-state index is 13.7. The molecule has 1 aliphatic rings. The van der Waals surface area contributed by atoms with Gasteiger partial charge in [0.15, 0.2) is 0 Å². The third-order valence-electron chi connectivity index (χ3n) is 3.87. The van der Waals surface area contributed by atoms with E-state index in [0.717, 1.165) is 18.7 Å². The predicted octanol–water partition coefficient (Wildman–Crippen LogP) is 3.57. The van der Waals surface area contributed by atoms with Crippen molar-refractivity contribution < 1.29 is 9.50 Å². The smallest absolute Gasteiger partial charge is 0.126 e. The molecule has 2 atom stereocenters. The van der Waals surface area contributed by atoms with Gasteiger partial charge in [-0.15, -0.1) is 0 Å². The number of halogens is 1. The summed E-state index contributed by atoms with van der Waals surface area (Å²) in [6, 6.07) is 3.82. The van der Waals surface area contributed by atoms with Crippen molar-refractivity contribution in [2.24, 2.45) is 0 Å². The Morgan fingerprint density at radius 2 is 2.11 bits per heavy atom. The summed E-state index contributed by atoms with van der Waals surface area (Å²) in [5, 5.41) is 9.84. The van der Waals surface area contributed by atoms with Gasteiger partial charge < -0.3 is 10.0 Å². The zero-order chi connectivity index (χ0) is 13.3. The normalized spacial score (nSPS) is 22.1. The van der Waals surface area contributed by atoms with Gasteiger partial charge in [-0.1, -0.05) is 0 Å². The minimum absolute atomic E-state index is 0.237. The van der Waals surface area contributed by atoms with Crippen LogP contribution in [0.15, 0.2) is 12.1 Å². The molecule has 1 N–H and O–H groups in total. The SMILES string of the molecule is Cc1cc(N2CCCCC2C)c([C@H](C)O)cc1F. The fourth-order valence-electron chi connectivity index (χ4n) is 2.72. The average Bonchev–Trinajstić information content (AvgIpc) is 2.32. The zero-order valence-electron chi connectivity index (χ0n) is 11.4. The molecule has 2 nitrogen and oxygen atoms in total. The van der Waals surface area contributed by atoms with Gasteiger partial charge >= 0.3 is 0 Å². The Morgan fingerprint density at radius 1 is 1.39 bits per heavy atom. The number of piperidine rings is 1. The molecule has 0 radical (unpaired) electrons. The van der Waals surface area contributed by atoms with E-state index in [4.69, 9.17) is 0 Å². The van der Waals surface area contributed by atoms with E-state index in [1.54, 1.807) is 13.8 Å². The third kappa shape index (κ3) is 2.51. The molecule has 0 aliphatic carbocycles. The van der Waals surface area contributed by atoms with Gasteiger partial charge in [0.05, 0.1) is 6.10 Å². The summed E-state index contributed by atoms with van der Waals surface area (Å²) in [6.07, 6.45) is 2.95. The predicted molar refractivity (Wildman–Crippen MR) is 72.4 cm³/mol. The summed E-state index contributed by atoms with van der Waals surface area (Å²) in [5.41, 5.74) is 2.34. The van der Waals surface area contributed by atoms with Gasteiger partial charge in [-0.05, 0) is 57.7 Å². The Labute approximate surface area is 108 Å². The highest BCUT2D eigenvalue weighted by Gasteiger charge is 2.23. The first-order valence-electron chi connectivity index (χ1n) is 6.75. The van der Waals surface area contributed by atoms with Crippen LogP contribution in [0.1, 0.15) is 50.3 Å². The Hall–Kier alpha value is -1.09. The lowest BCUT2D eigenvalue weighted by atomic mass is 9.98. The quantitative estimate of drug-likeness (QED) is 0.868. The highest BCUT2D eigenvalue weighted by Crippen LogP contribution is 2.33. The van der Waals surface area contributed by atoms with Crippen LogP contribution in [0, 0.1) is 12.7 Å². The second-order valence-electron chi connectivity index (χ2n) is 5.37. The molecular formula is C15H22FNO. The summed E-state index contributed by atoms with van der Waals surface area (Å²) in [6.45, 7) is 6.66. The summed E-state index contributed by atoms with van der Waals surface area (Å²) < 4.78 is 13.7.